The summed E-state index contributed by atoms with van der Waals surface area (Å²) in [7, 11) is -1.74. The molecule has 0 aromatic carbocycles. The van der Waals surface area contributed by atoms with Crippen LogP contribution in [-0.4, -0.2) is 29.1 Å². The van der Waals surface area contributed by atoms with Crippen LogP contribution in [0.5, 0.6) is 0 Å². The number of hydrogen-bond donors (Lipinski definition) is 0. The number of imidazole rings is 3. The van der Waals surface area contributed by atoms with Gasteiger partial charge in [0, 0.05) is 18.6 Å². The Labute approximate surface area is 108 Å². The Kier molecular flexibility index (Phi) is 3.28. The van der Waals surface area contributed by atoms with Crippen molar-refractivity contribution in [2.24, 2.45) is 0 Å². The zero-order valence-electron chi connectivity index (χ0n) is 9.55. The van der Waals surface area contributed by atoms with E-state index in [-0.39, 0.29) is 0 Å². The summed E-state index contributed by atoms with van der Waals surface area (Å²) in [4.78, 5) is 11.6. The molecule has 0 aliphatic rings. The molecule has 0 radical (unpaired) electrons. The van der Waals surface area contributed by atoms with Crippen LogP contribution in [0.3, 0.4) is 0 Å². The molecule has 0 unspecified atom stereocenters. The molecule has 0 amide bonds. The maximum Gasteiger partial charge on any atom is 0.592 e. The molecule has 3 aromatic rings. The Bertz CT molecular complexity index is 495. The van der Waals surface area contributed by atoms with Gasteiger partial charge in [-0.05, 0) is 0 Å². The molecule has 0 atom stereocenters. The summed E-state index contributed by atoms with van der Waals surface area (Å²) in [5, 5.41) is 0. The maximum atomic E-state index is 5.48. The highest BCUT2D eigenvalue weighted by atomic mass is 31.2. The number of nitrogens with zero attached hydrogens (tertiary/aromatic N) is 6. The van der Waals surface area contributed by atoms with E-state index in [9.17, 15) is 0 Å². The Morgan fingerprint density at radius 2 is 1.00 bits per heavy atom. The summed E-state index contributed by atoms with van der Waals surface area (Å²) in [5.41, 5.74) is 0. The standard InChI is InChI=1S/C9H9N6O3P/c1-4-13(7-10-1)16-19(17-14-5-2-11-8-14)18-15-6-3-12-9-15/h1-9H. The normalized spacial score (nSPS) is 10.6. The van der Waals surface area contributed by atoms with Gasteiger partial charge in [0.15, 0.2) is 0 Å². The first kappa shape index (κ1) is 11.5. The lowest BCUT2D eigenvalue weighted by Gasteiger charge is -2.16. The molecule has 3 aromatic heterocycles. The van der Waals surface area contributed by atoms with E-state index < -0.39 is 8.60 Å². The Morgan fingerprint density at radius 3 is 1.26 bits per heavy atom. The van der Waals surface area contributed by atoms with Gasteiger partial charge in [0.1, 0.15) is 19.0 Å². The minimum Gasteiger partial charge on any atom is -0.312 e. The third-order valence-corrected chi connectivity index (χ3v) is 2.89. The fourth-order valence-corrected chi connectivity index (χ4v) is 2.00. The van der Waals surface area contributed by atoms with Crippen molar-refractivity contribution in [1.82, 2.24) is 29.1 Å². The van der Waals surface area contributed by atoms with E-state index >= 15 is 0 Å². The fraction of sp³-hybridized carbons (Fsp3) is 0. The second kappa shape index (κ2) is 5.40. The topological polar surface area (TPSA) is 81.1 Å². The average Bonchev–Trinajstić information content (AvgIpc) is 3.10. The highest BCUT2D eigenvalue weighted by molar-refractivity contribution is 7.42. The van der Waals surface area contributed by atoms with Crippen LogP contribution in [0.25, 0.3) is 0 Å². The van der Waals surface area contributed by atoms with Gasteiger partial charge in [-0.3, -0.25) is 0 Å². The molecule has 0 aliphatic carbocycles. The molecule has 0 saturated carbocycles. The summed E-state index contributed by atoms with van der Waals surface area (Å²) >= 11 is 0. The van der Waals surface area contributed by atoms with E-state index in [1.54, 1.807) is 37.2 Å². The average molecular weight is 280 g/mol. The summed E-state index contributed by atoms with van der Waals surface area (Å²) < 4.78 is 20.6. The van der Waals surface area contributed by atoms with Gasteiger partial charge in [-0.1, -0.05) is 0 Å². The molecule has 19 heavy (non-hydrogen) atoms. The van der Waals surface area contributed by atoms with Crippen LogP contribution in [0.1, 0.15) is 0 Å². The second-order valence-corrected chi connectivity index (χ2v) is 4.17. The molecule has 0 saturated heterocycles. The van der Waals surface area contributed by atoms with Crippen molar-refractivity contribution in [3.05, 3.63) is 56.2 Å². The quantitative estimate of drug-likeness (QED) is 0.599. The van der Waals surface area contributed by atoms with Crippen molar-refractivity contribution >= 4 is 8.60 Å². The first-order chi connectivity index (χ1) is 9.40. The third-order valence-electron chi connectivity index (χ3n) is 1.92. The van der Waals surface area contributed by atoms with Gasteiger partial charge >= 0.3 is 8.60 Å². The molecular formula is C9H9N6O3P. The third kappa shape index (κ3) is 3.02. The molecular weight excluding hydrogens is 271 g/mol. The van der Waals surface area contributed by atoms with Crippen molar-refractivity contribution in [2.45, 2.75) is 0 Å². The van der Waals surface area contributed by atoms with E-state index in [4.69, 9.17) is 13.9 Å². The minimum atomic E-state index is -1.74. The largest absolute Gasteiger partial charge is 0.592 e. The van der Waals surface area contributed by atoms with Crippen LogP contribution in [-0.2, 0) is 0 Å². The van der Waals surface area contributed by atoms with Crippen molar-refractivity contribution in [1.29, 1.82) is 0 Å². The lowest BCUT2D eigenvalue weighted by molar-refractivity contribution is 0.129. The Balaban J connectivity index is 1.70. The monoisotopic (exact) mass is 280 g/mol. The summed E-state index contributed by atoms with van der Waals surface area (Å²) in [6, 6.07) is 0. The van der Waals surface area contributed by atoms with Crippen molar-refractivity contribution < 1.29 is 13.9 Å². The Hall–Kier alpha value is -2.54. The predicted octanol–water partition coefficient (Wildman–Crippen LogP) is 0.189. The van der Waals surface area contributed by atoms with E-state index in [1.807, 2.05) is 0 Å². The van der Waals surface area contributed by atoms with Crippen molar-refractivity contribution in [3.8, 4) is 0 Å². The van der Waals surface area contributed by atoms with E-state index in [0.29, 0.717) is 0 Å². The van der Waals surface area contributed by atoms with Gasteiger partial charge in [0.25, 0.3) is 0 Å². The summed E-state index contributed by atoms with van der Waals surface area (Å²) in [5.74, 6) is 0. The van der Waals surface area contributed by atoms with Gasteiger partial charge < -0.3 is 13.9 Å². The van der Waals surface area contributed by atoms with Crippen LogP contribution in [0.15, 0.2) is 56.2 Å². The predicted molar refractivity (Wildman–Crippen MR) is 63.3 cm³/mol. The van der Waals surface area contributed by atoms with Gasteiger partial charge in [-0.15, -0.1) is 0 Å². The van der Waals surface area contributed by atoms with Crippen LogP contribution >= 0.6 is 8.60 Å². The first-order valence-electron chi connectivity index (χ1n) is 5.19. The minimum absolute atomic E-state index is 1.39. The molecule has 9 nitrogen and oxygen atoms in total. The van der Waals surface area contributed by atoms with Crippen molar-refractivity contribution in [3.63, 3.8) is 0 Å². The van der Waals surface area contributed by atoms with Crippen LogP contribution in [0.2, 0.25) is 0 Å². The molecule has 0 aliphatic heterocycles. The zero-order chi connectivity index (χ0) is 12.9. The van der Waals surface area contributed by atoms with Crippen LogP contribution < -0.4 is 13.9 Å². The lowest BCUT2D eigenvalue weighted by Crippen LogP contribution is -2.20. The van der Waals surface area contributed by atoms with E-state index in [2.05, 4.69) is 15.0 Å². The maximum absolute atomic E-state index is 5.48. The smallest absolute Gasteiger partial charge is 0.312 e. The molecule has 3 rings (SSSR count). The number of aromatic nitrogens is 6. The molecule has 0 N–H and O–H groups in total. The summed E-state index contributed by atoms with van der Waals surface area (Å²) in [6.07, 6.45) is 14.1. The number of hydrogen-bond acceptors (Lipinski definition) is 6. The fourth-order valence-electron chi connectivity index (χ4n) is 1.16. The van der Waals surface area contributed by atoms with E-state index in [1.165, 1.54) is 33.2 Å². The Morgan fingerprint density at radius 1 is 0.632 bits per heavy atom. The molecule has 0 fully saturated rings. The first-order valence-corrected chi connectivity index (χ1v) is 6.29. The molecule has 3 heterocycles. The highest BCUT2D eigenvalue weighted by Crippen LogP contribution is 2.28. The molecule has 98 valence electrons. The SMILES string of the molecule is c1cn(OP(On2ccnc2)On2ccnc2)cn1. The van der Waals surface area contributed by atoms with Gasteiger partial charge in [-0.2, -0.15) is 14.2 Å². The molecule has 0 bridgehead atoms. The second-order valence-electron chi connectivity index (χ2n) is 3.24. The van der Waals surface area contributed by atoms with Crippen LogP contribution in [0, 0.1) is 0 Å². The van der Waals surface area contributed by atoms with Gasteiger partial charge in [-0.25, -0.2) is 15.0 Å². The van der Waals surface area contributed by atoms with E-state index in [0.717, 1.165) is 0 Å². The molecule has 0 spiro atoms. The lowest BCUT2D eigenvalue weighted by atomic mass is 11.0. The van der Waals surface area contributed by atoms with Gasteiger partial charge in [0.2, 0.25) is 0 Å². The number of rotatable bonds is 6. The van der Waals surface area contributed by atoms with Crippen molar-refractivity contribution in [2.75, 3.05) is 0 Å². The van der Waals surface area contributed by atoms with Crippen LogP contribution in [0.4, 0.5) is 0 Å². The zero-order valence-corrected chi connectivity index (χ0v) is 10.4. The highest BCUT2D eigenvalue weighted by Gasteiger charge is 2.21. The van der Waals surface area contributed by atoms with Gasteiger partial charge in [0.05, 0.1) is 18.6 Å². The summed E-state index contributed by atoms with van der Waals surface area (Å²) in [6.45, 7) is 0. The molecule has 10 heteroatoms.